The highest BCUT2D eigenvalue weighted by atomic mass is 35.5. The minimum absolute atomic E-state index is 0. The van der Waals surface area contributed by atoms with Crippen LogP contribution in [-0.2, 0) is 10.2 Å². The predicted molar refractivity (Wildman–Crippen MR) is 87.8 cm³/mol. The molecule has 2 rings (SSSR count). The molecular weight excluding hydrogens is 292 g/mol. The summed E-state index contributed by atoms with van der Waals surface area (Å²) in [5, 5.41) is 8.51. The van der Waals surface area contributed by atoms with Gasteiger partial charge >= 0.3 is 0 Å². The zero-order valence-electron chi connectivity index (χ0n) is 12.3. The highest BCUT2D eigenvalue weighted by Crippen LogP contribution is 2.26. The van der Waals surface area contributed by atoms with Gasteiger partial charge < -0.3 is 10.6 Å². The molecule has 5 heteroatoms. The largest absolute Gasteiger partial charge is 0.355 e. The molecule has 1 atom stereocenters. The fraction of sp³-hybridized carbons (Fsp3) is 0.667. The van der Waals surface area contributed by atoms with E-state index < -0.39 is 0 Å². The summed E-state index contributed by atoms with van der Waals surface area (Å²) in [5.74, 6) is 0.882. The summed E-state index contributed by atoms with van der Waals surface area (Å²) < 4.78 is 0. The van der Waals surface area contributed by atoms with Crippen LogP contribution in [0.4, 0.5) is 0 Å². The Labute approximate surface area is 131 Å². The van der Waals surface area contributed by atoms with Crippen LogP contribution in [0.25, 0.3) is 0 Å². The summed E-state index contributed by atoms with van der Waals surface area (Å²) in [6, 6.07) is 4.21. The molecule has 20 heavy (non-hydrogen) atoms. The molecule has 0 spiro atoms. The van der Waals surface area contributed by atoms with Gasteiger partial charge in [0.25, 0.3) is 0 Å². The third-order valence-electron chi connectivity index (χ3n) is 3.86. The van der Waals surface area contributed by atoms with E-state index in [1.807, 2.05) is 0 Å². The number of halogens is 1. The average Bonchev–Trinajstić information content (AvgIpc) is 3.06. The predicted octanol–water partition coefficient (Wildman–Crippen LogP) is 2.95. The lowest BCUT2D eigenvalue weighted by Crippen LogP contribution is -2.36. The topological polar surface area (TPSA) is 41.1 Å². The second kappa shape index (κ2) is 8.01. The van der Waals surface area contributed by atoms with Gasteiger partial charge in [0.05, 0.1) is 0 Å². The lowest BCUT2D eigenvalue weighted by molar-refractivity contribution is -0.121. The van der Waals surface area contributed by atoms with Crippen molar-refractivity contribution in [3.63, 3.8) is 0 Å². The van der Waals surface area contributed by atoms with Gasteiger partial charge in [-0.3, -0.25) is 4.79 Å². The van der Waals surface area contributed by atoms with Gasteiger partial charge in [-0.15, -0.1) is 23.7 Å². The molecule has 2 N–H and O–H groups in total. The van der Waals surface area contributed by atoms with E-state index in [4.69, 9.17) is 0 Å². The van der Waals surface area contributed by atoms with E-state index in [0.29, 0.717) is 12.3 Å². The number of rotatable bonds is 6. The lowest BCUT2D eigenvalue weighted by atomic mass is 9.91. The van der Waals surface area contributed by atoms with Crippen molar-refractivity contribution >= 4 is 29.7 Å². The summed E-state index contributed by atoms with van der Waals surface area (Å²) >= 11 is 1.76. The molecular formula is C15H25ClN2OS. The second-order valence-electron chi connectivity index (χ2n) is 6.04. The summed E-state index contributed by atoms with van der Waals surface area (Å²) in [6.45, 7) is 7.26. The molecule has 0 radical (unpaired) electrons. The van der Waals surface area contributed by atoms with E-state index in [1.165, 1.54) is 11.3 Å². The van der Waals surface area contributed by atoms with Gasteiger partial charge in [-0.1, -0.05) is 19.9 Å². The quantitative estimate of drug-likeness (QED) is 0.847. The first-order chi connectivity index (χ1) is 9.08. The number of carbonyl (C=O) groups excluding carboxylic acids is 1. The van der Waals surface area contributed by atoms with Crippen molar-refractivity contribution in [3.05, 3.63) is 22.4 Å². The van der Waals surface area contributed by atoms with E-state index >= 15 is 0 Å². The Balaban J connectivity index is 0.00000200. The van der Waals surface area contributed by atoms with Crippen LogP contribution in [0.15, 0.2) is 17.5 Å². The van der Waals surface area contributed by atoms with Crippen molar-refractivity contribution < 1.29 is 4.79 Å². The Bertz CT molecular complexity index is 400. The van der Waals surface area contributed by atoms with E-state index in [9.17, 15) is 4.79 Å². The summed E-state index contributed by atoms with van der Waals surface area (Å²) in [5.41, 5.74) is 0.0265. The van der Waals surface area contributed by atoms with Gasteiger partial charge in [-0.2, -0.15) is 0 Å². The fourth-order valence-corrected chi connectivity index (χ4v) is 3.31. The molecule has 0 bridgehead atoms. The second-order valence-corrected chi connectivity index (χ2v) is 6.98. The smallest absolute Gasteiger partial charge is 0.220 e. The Morgan fingerprint density at radius 2 is 2.35 bits per heavy atom. The van der Waals surface area contributed by atoms with Gasteiger partial charge in [0, 0.05) is 23.3 Å². The molecule has 1 aliphatic rings. The Kier molecular flexibility index (Phi) is 7.00. The van der Waals surface area contributed by atoms with Crippen LogP contribution >= 0.6 is 23.7 Å². The van der Waals surface area contributed by atoms with Crippen molar-refractivity contribution in [2.24, 2.45) is 5.92 Å². The maximum atomic E-state index is 11.9. The number of hydrogen-bond acceptors (Lipinski definition) is 3. The number of thiophene rings is 1. The van der Waals surface area contributed by atoms with Gasteiger partial charge in [-0.05, 0) is 43.3 Å². The Hall–Kier alpha value is -0.580. The third-order valence-corrected chi connectivity index (χ3v) is 5.09. The van der Waals surface area contributed by atoms with E-state index in [1.54, 1.807) is 11.3 Å². The maximum absolute atomic E-state index is 11.9. The first-order valence-corrected chi connectivity index (χ1v) is 7.97. The fourth-order valence-electron chi connectivity index (χ4n) is 2.45. The van der Waals surface area contributed by atoms with Crippen LogP contribution in [0.1, 0.15) is 38.0 Å². The van der Waals surface area contributed by atoms with Crippen LogP contribution < -0.4 is 10.6 Å². The molecule has 3 nitrogen and oxygen atoms in total. The standard InChI is InChI=1S/C15H24N2OS.ClH/c1-15(2,13-4-3-9-19-13)11-17-14(18)6-5-12-7-8-16-10-12;/h3-4,9,12,16H,5-8,10-11H2,1-2H3,(H,17,18);1H. The summed E-state index contributed by atoms with van der Waals surface area (Å²) in [4.78, 5) is 13.2. The monoisotopic (exact) mass is 316 g/mol. The first kappa shape index (κ1) is 17.5. The van der Waals surface area contributed by atoms with Gasteiger partial charge in [-0.25, -0.2) is 0 Å². The third kappa shape index (κ3) is 5.08. The highest BCUT2D eigenvalue weighted by Gasteiger charge is 2.22. The molecule has 1 aromatic heterocycles. The molecule has 1 aliphatic heterocycles. The van der Waals surface area contributed by atoms with E-state index in [0.717, 1.165) is 26.1 Å². The van der Waals surface area contributed by atoms with Crippen LogP contribution in [0.3, 0.4) is 0 Å². The first-order valence-electron chi connectivity index (χ1n) is 7.09. The van der Waals surface area contributed by atoms with Crippen LogP contribution in [0.2, 0.25) is 0 Å². The molecule has 0 aliphatic carbocycles. The molecule has 2 heterocycles. The molecule has 1 amide bonds. The average molecular weight is 317 g/mol. The van der Waals surface area contributed by atoms with Gasteiger partial charge in [0.15, 0.2) is 0 Å². The van der Waals surface area contributed by atoms with Crippen LogP contribution in [0, 0.1) is 5.92 Å². The minimum atomic E-state index is 0. The number of hydrogen-bond donors (Lipinski definition) is 2. The molecule has 0 saturated carbocycles. The van der Waals surface area contributed by atoms with Crippen molar-refractivity contribution in [1.29, 1.82) is 0 Å². The molecule has 0 aromatic carbocycles. The number of nitrogens with one attached hydrogen (secondary N) is 2. The number of amides is 1. The zero-order chi connectivity index (χ0) is 13.7. The number of carbonyl (C=O) groups is 1. The molecule has 1 aromatic rings. The zero-order valence-corrected chi connectivity index (χ0v) is 13.9. The molecule has 1 unspecified atom stereocenters. The van der Waals surface area contributed by atoms with Crippen LogP contribution in [0.5, 0.6) is 0 Å². The van der Waals surface area contributed by atoms with E-state index in [2.05, 4.69) is 42.0 Å². The molecule has 1 fully saturated rings. The lowest BCUT2D eigenvalue weighted by Gasteiger charge is -2.23. The maximum Gasteiger partial charge on any atom is 0.220 e. The Morgan fingerprint density at radius 1 is 1.55 bits per heavy atom. The SMILES string of the molecule is CC(C)(CNC(=O)CCC1CCNC1)c1cccs1.Cl. The highest BCUT2D eigenvalue weighted by molar-refractivity contribution is 7.10. The summed E-state index contributed by atoms with van der Waals surface area (Å²) in [7, 11) is 0. The van der Waals surface area contributed by atoms with Crippen molar-refractivity contribution in [1.82, 2.24) is 10.6 Å². The van der Waals surface area contributed by atoms with Crippen molar-refractivity contribution in [2.45, 2.75) is 38.5 Å². The molecule has 1 saturated heterocycles. The van der Waals surface area contributed by atoms with Gasteiger partial charge in [0.2, 0.25) is 5.91 Å². The Morgan fingerprint density at radius 3 is 2.95 bits per heavy atom. The van der Waals surface area contributed by atoms with Crippen LogP contribution in [-0.4, -0.2) is 25.5 Å². The van der Waals surface area contributed by atoms with Crippen molar-refractivity contribution in [3.8, 4) is 0 Å². The van der Waals surface area contributed by atoms with Gasteiger partial charge in [0.1, 0.15) is 0 Å². The minimum Gasteiger partial charge on any atom is -0.355 e. The normalized spacial score (nSPS) is 18.6. The van der Waals surface area contributed by atoms with E-state index in [-0.39, 0.29) is 23.7 Å². The molecule has 114 valence electrons. The van der Waals surface area contributed by atoms with Crippen molar-refractivity contribution in [2.75, 3.05) is 19.6 Å². The summed E-state index contributed by atoms with van der Waals surface area (Å²) in [6.07, 6.45) is 2.89.